The van der Waals surface area contributed by atoms with Gasteiger partial charge in [0.05, 0.1) is 12.2 Å². The predicted octanol–water partition coefficient (Wildman–Crippen LogP) is 0.898. The third-order valence-electron chi connectivity index (χ3n) is 3.68. The molecule has 0 radical (unpaired) electrons. The average Bonchev–Trinajstić information content (AvgIpc) is 3.20. The summed E-state index contributed by atoms with van der Waals surface area (Å²) in [6, 6.07) is 8.46. The Morgan fingerprint density at radius 3 is 2.77 bits per heavy atom. The number of nitriles is 1. The minimum Gasteiger partial charge on any atom is -0.388 e. The summed E-state index contributed by atoms with van der Waals surface area (Å²) in [6.45, 7) is -0.120. The maximum absolute atomic E-state index is 13.0. The molecule has 0 unspecified atom stereocenters. The number of aromatic nitrogens is 5. The van der Waals surface area contributed by atoms with Crippen molar-refractivity contribution in [3.8, 4) is 17.5 Å². The first-order chi connectivity index (χ1) is 12.5. The van der Waals surface area contributed by atoms with E-state index in [0.717, 1.165) is 9.20 Å². The van der Waals surface area contributed by atoms with Crippen LogP contribution in [0.2, 0.25) is 0 Å². The molecule has 0 aliphatic carbocycles. The van der Waals surface area contributed by atoms with Crippen LogP contribution in [0, 0.1) is 17.1 Å². The van der Waals surface area contributed by atoms with E-state index in [-0.39, 0.29) is 29.3 Å². The second kappa shape index (κ2) is 5.82. The Hall–Kier alpha value is -4.00. The van der Waals surface area contributed by atoms with Crippen molar-refractivity contribution in [3.63, 3.8) is 0 Å². The molecule has 128 valence electrons. The van der Waals surface area contributed by atoms with Gasteiger partial charge in [-0.3, -0.25) is 9.89 Å². The zero-order chi connectivity index (χ0) is 18.3. The zero-order valence-corrected chi connectivity index (χ0v) is 13.0. The first-order valence-corrected chi connectivity index (χ1v) is 7.39. The van der Waals surface area contributed by atoms with E-state index in [9.17, 15) is 14.0 Å². The van der Waals surface area contributed by atoms with Crippen LogP contribution in [-0.4, -0.2) is 24.4 Å². The maximum atomic E-state index is 13.0. The second-order valence-electron chi connectivity index (χ2n) is 5.38. The Morgan fingerprint density at radius 1 is 1.27 bits per heavy atom. The molecule has 0 fully saturated rings. The summed E-state index contributed by atoms with van der Waals surface area (Å²) >= 11 is 0. The van der Waals surface area contributed by atoms with Crippen LogP contribution in [0.1, 0.15) is 11.3 Å². The summed E-state index contributed by atoms with van der Waals surface area (Å²) < 4.78 is 20.2. The van der Waals surface area contributed by atoms with Crippen molar-refractivity contribution in [1.29, 1.82) is 5.26 Å². The molecule has 1 N–H and O–H groups in total. The number of rotatable bonds is 3. The zero-order valence-electron chi connectivity index (χ0n) is 13.0. The van der Waals surface area contributed by atoms with Gasteiger partial charge in [-0.25, -0.2) is 18.7 Å². The van der Waals surface area contributed by atoms with Gasteiger partial charge < -0.3 is 4.42 Å². The smallest absolute Gasteiger partial charge is 0.388 e. The molecule has 26 heavy (non-hydrogen) atoms. The quantitative estimate of drug-likeness (QED) is 0.584. The van der Waals surface area contributed by atoms with Gasteiger partial charge in [0.25, 0.3) is 5.56 Å². The molecule has 0 bridgehead atoms. The summed E-state index contributed by atoms with van der Waals surface area (Å²) in [6.07, 6.45) is 1.36. The highest BCUT2D eigenvalue weighted by Gasteiger charge is 2.14. The van der Waals surface area contributed by atoms with Gasteiger partial charge in [-0.15, -0.1) is 5.10 Å². The molecule has 0 aliphatic heterocycles. The van der Waals surface area contributed by atoms with Crippen molar-refractivity contribution >= 4 is 5.65 Å². The van der Waals surface area contributed by atoms with E-state index in [1.165, 1.54) is 36.5 Å². The monoisotopic (exact) mass is 352 g/mol. The van der Waals surface area contributed by atoms with Gasteiger partial charge in [0.15, 0.2) is 5.65 Å². The van der Waals surface area contributed by atoms with E-state index in [1.807, 2.05) is 6.07 Å². The van der Waals surface area contributed by atoms with Gasteiger partial charge in [0, 0.05) is 17.8 Å². The number of aromatic amines is 1. The van der Waals surface area contributed by atoms with E-state index < -0.39 is 17.1 Å². The van der Waals surface area contributed by atoms with Gasteiger partial charge in [-0.05, 0) is 24.3 Å². The lowest BCUT2D eigenvalue weighted by Gasteiger charge is -2.00. The number of H-pyrrole nitrogens is 1. The van der Waals surface area contributed by atoms with Gasteiger partial charge >= 0.3 is 5.76 Å². The van der Waals surface area contributed by atoms with Crippen molar-refractivity contribution in [2.75, 3.05) is 0 Å². The molecular weight excluding hydrogens is 343 g/mol. The summed E-state index contributed by atoms with van der Waals surface area (Å²) in [7, 11) is 0. The molecular formula is C16H9FN6O3. The van der Waals surface area contributed by atoms with Gasteiger partial charge in [-0.1, -0.05) is 0 Å². The van der Waals surface area contributed by atoms with Crippen LogP contribution in [-0.2, 0) is 6.54 Å². The fourth-order valence-corrected chi connectivity index (χ4v) is 2.46. The number of nitrogens with zero attached hydrogens (tertiary/aromatic N) is 5. The standard InChI is InChI=1S/C16H9FN6O3/c17-11-3-1-9(2-4-11)15-21-22(16(25)26-15)8-12-5-13(24)23-14(20-12)10(6-18)7-19-23/h1-5,7,19H,8H2. The predicted molar refractivity (Wildman–Crippen MR) is 85.8 cm³/mol. The fraction of sp³-hybridized carbons (Fsp3) is 0.0625. The Morgan fingerprint density at radius 2 is 2.04 bits per heavy atom. The summed E-state index contributed by atoms with van der Waals surface area (Å²) in [5.74, 6) is -1.15. The highest BCUT2D eigenvalue weighted by molar-refractivity contribution is 5.54. The normalized spacial score (nSPS) is 10.9. The van der Waals surface area contributed by atoms with E-state index in [0.29, 0.717) is 5.56 Å². The third kappa shape index (κ3) is 2.57. The number of hydrogen-bond donors (Lipinski definition) is 1. The lowest BCUT2D eigenvalue weighted by Crippen LogP contribution is -2.21. The number of hydrogen-bond acceptors (Lipinski definition) is 6. The molecule has 0 atom stereocenters. The van der Waals surface area contributed by atoms with Gasteiger partial charge in [-0.2, -0.15) is 9.94 Å². The number of fused-ring (bicyclic) bond motifs is 1. The lowest BCUT2D eigenvalue weighted by atomic mass is 10.2. The first-order valence-electron chi connectivity index (χ1n) is 7.39. The molecule has 0 aliphatic rings. The average molecular weight is 352 g/mol. The van der Waals surface area contributed by atoms with Gasteiger partial charge in [0.2, 0.25) is 5.89 Å². The second-order valence-corrected chi connectivity index (χ2v) is 5.38. The Bertz CT molecular complexity index is 1270. The summed E-state index contributed by atoms with van der Waals surface area (Å²) in [5, 5.41) is 15.7. The molecule has 0 saturated heterocycles. The van der Waals surface area contributed by atoms with Crippen molar-refractivity contribution in [2.45, 2.75) is 6.54 Å². The number of benzene rings is 1. The molecule has 0 amide bonds. The van der Waals surface area contributed by atoms with Gasteiger partial charge in [0.1, 0.15) is 17.4 Å². The van der Waals surface area contributed by atoms with Crippen LogP contribution in [0.15, 0.2) is 50.5 Å². The summed E-state index contributed by atoms with van der Waals surface area (Å²) in [4.78, 5) is 28.3. The van der Waals surface area contributed by atoms with Crippen molar-refractivity contribution in [1.82, 2.24) is 24.4 Å². The molecule has 0 spiro atoms. The Labute approximate surface area is 143 Å². The van der Waals surface area contributed by atoms with Crippen LogP contribution in [0.5, 0.6) is 0 Å². The largest absolute Gasteiger partial charge is 0.437 e. The van der Waals surface area contributed by atoms with Crippen molar-refractivity contribution in [3.05, 3.63) is 74.5 Å². The molecule has 4 rings (SSSR count). The van der Waals surface area contributed by atoms with Crippen LogP contribution in [0.3, 0.4) is 0 Å². The minimum atomic E-state index is -0.749. The SMILES string of the molecule is N#Cc1c[nH]n2c(=O)cc(Cn3nc(-c4ccc(F)cc4)oc3=O)nc12. The van der Waals surface area contributed by atoms with Crippen LogP contribution in [0.25, 0.3) is 17.1 Å². The Balaban J connectivity index is 1.73. The molecule has 9 nitrogen and oxygen atoms in total. The number of halogens is 1. The molecule has 10 heteroatoms. The van der Waals surface area contributed by atoms with E-state index in [2.05, 4.69) is 15.2 Å². The Kier molecular flexibility index (Phi) is 3.47. The van der Waals surface area contributed by atoms with Crippen LogP contribution < -0.4 is 11.3 Å². The summed E-state index contributed by atoms with van der Waals surface area (Å²) in [5.41, 5.74) is 0.603. The third-order valence-corrected chi connectivity index (χ3v) is 3.68. The molecule has 1 aromatic carbocycles. The van der Waals surface area contributed by atoms with E-state index >= 15 is 0 Å². The highest BCUT2D eigenvalue weighted by atomic mass is 19.1. The van der Waals surface area contributed by atoms with Crippen molar-refractivity contribution < 1.29 is 8.81 Å². The first kappa shape index (κ1) is 15.5. The fourth-order valence-electron chi connectivity index (χ4n) is 2.46. The number of nitrogens with one attached hydrogen (secondary N) is 1. The molecule has 3 heterocycles. The van der Waals surface area contributed by atoms with Crippen molar-refractivity contribution in [2.24, 2.45) is 0 Å². The van der Waals surface area contributed by atoms with Crippen LogP contribution >= 0.6 is 0 Å². The minimum absolute atomic E-state index is 0.0205. The molecule has 3 aromatic heterocycles. The lowest BCUT2D eigenvalue weighted by molar-refractivity contribution is 0.493. The van der Waals surface area contributed by atoms with E-state index in [1.54, 1.807) is 0 Å². The molecule has 4 aromatic rings. The van der Waals surface area contributed by atoms with E-state index in [4.69, 9.17) is 9.68 Å². The highest BCUT2D eigenvalue weighted by Crippen LogP contribution is 2.15. The topological polar surface area (TPSA) is 122 Å². The maximum Gasteiger partial charge on any atom is 0.437 e. The molecule has 0 saturated carbocycles. The van der Waals surface area contributed by atoms with Crippen LogP contribution in [0.4, 0.5) is 4.39 Å².